The van der Waals surface area contributed by atoms with Gasteiger partial charge in [-0.2, -0.15) is 0 Å². The maximum Gasteiger partial charge on any atom is 0.258 e. The molecule has 2 N–H and O–H groups in total. The second-order valence-electron chi connectivity index (χ2n) is 8.51. The van der Waals surface area contributed by atoms with Crippen LogP contribution < -0.4 is 10.6 Å². The highest BCUT2D eigenvalue weighted by Gasteiger charge is 2.26. The normalized spacial score (nSPS) is 18.8. The Morgan fingerprint density at radius 2 is 1.80 bits per heavy atom. The maximum absolute atomic E-state index is 12.8. The van der Waals surface area contributed by atoms with Gasteiger partial charge in [0.25, 0.3) is 5.91 Å². The molecule has 2 aliphatic rings. The van der Waals surface area contributed by atoms with Crippen LogP contribution >= 0.6 is 11.6 Å². The Bertz CT molecular complexity index is 827. The molecule has 1 aromatic heterocycles. The summed E-state index contributed by atoms with van der Waals surface area (Å²) in [5.74, 6) is 0.980. The number of piperidine rings is 1. The van der Waals surface area contributed by atoms with Crippen LogP contribution in [0.2, 0.25) is 5.02 Å². The Morgan fingerprint density at radius 3 is 2.53 bits per heavy atom. The molecule has 2 heterocycles. The van der Waals surface area contributed by atoms with Gasteiger partial charge in [0.05, 0.1) is 10.6 Å². The average Bonchev–Trinajstić information content (AvgIpc) is 2.80. The number of carbonyl (C=O) groups is 1. The van der Waals surface area contributed by atoms with E-state index in [0.29, 0.717) is 22.3 Å². The number of nitrogens with one attached hydrogen (secondary N) is 2. The summed E-state index contributed by atoms with van der Waals surface area (Å²) in [6, 6.07) is 11.9. The monoisotopic (exact) mass is 426 g/mol. The van der Waals surface area contributed by atoms with Gasteiger partial charge in [-0.1, -0.05) is 43.0 Å². The van der Waals surface area contributed by atoms with Crippen molar-refractivity contribution in [2.75, 3.05) is 30.3 Å². The maximum atomic E-state index is 12.8. The van der Waals surface area contributed by atoms with Crippen molar-refractivity contribution in [1.29, 1.82) is 0 Å². The molecule has 6 heteroatoms. The Hall–Kier alpha value is -2.11. The minimum absolute atomic E-state index is 0.167. The number of hydrogen-bond acceptors (Lipinski definition) is 4. The number of benzene rings is 1. The molecule has 0 bridgehead atoms. The van der Waals surface area contributed by atoms with E-state index >= 15 is 0 Å². The summed E-state index contributed by atoms with van der Waals surface area (Å²) in [5.41, 5.74) is 1.51. The molecule has 0 unspecified atom stereocenters. The zero-order chi connectivity index (χ0) is 20.8. The Morgan fingerprint density at radius 1 is 1.03 bits per heavy atom. The number of amides is 1. The molecule has 2 aromatic rings. The van der Waals surface area contributed by atoms with Crippen molar-refractivity contribution in [2.24, 2.45) is 5.92 Å². The van der Waals surface area contributed by atoms with E-state index in [1.807, 2.05) is 24.3 Å². The number of hydrogen-bond donors (Lipinski definition) is 2. The Labute approximate surface area is 184 Å². The number of likely N-dealkylation sites (tertiary alicyclic amines) is 1. The lowest BCUT2D eigenvalue weighted by molar-refractivity contribution is 0.102. The first-order chi connectivity index (χ1) is 14.7. The summed E-state index contributed by atoms with van der Waals surface area (Å²) < 4.78 is 0. The lowest BCUT2D eigenvalue weighted by Gasteiger charge is -2.39. The molecule has 160 valence electrons. The van der Waals surface area contributed by atoms with Crippen LogP contribution in [-0.2, 0) is 0 Å². The number of aromatic nitrogens is 1. The van der Waals surface area contributed by atoms with Crippen LogP contribution in [0.3, 0.4) is 0 Å². The molecule has 1 aliphatic heterocycles. The SMILES string of the molecule is O=C(Nc1ccc(Cl)cn1)c1ccccc1NCC1CCN(C2CCCCC2)CC1. The van der Waals surface area contributed by atoms with Crippen LogP contribution in [0.15, 0.2) is 42.6 Å². The van der Waals surface area contributed by atoms with Gasteiger partial charge in [0, 0.05) is 24.5 Å². The predicted octanol–water partition coefficient (Wildman–Crippen LogP) is 5.44. The van der Waals surface area contributed by atoms with Gasteiger partial charge < -0.3 is 15.5 Å². The first kappa shape index (κ1) is 21.1. The molecular formula is C24H31ClN4O. The molecule has 1 aliphatic carbocycles. The van der Waals surface area contributed by atoms with Gasteiger partial charge >= 0.3 is 0 Å². The zero-order valence-corrected chi connectivity index (χ0v) is 18.2. The minimum atomic E-state index is -0.167. The Balaban J connectivity index is 1.30. The molecular weight excluding hydrogens is 396 g/mol. The zero-order valence-electron chi connectivity index (χ0n) is 17.4. The largest absolute Gasteiger partial charge is 0.384 e. The predicted molar refractivity (Wildman–Crippen MR) is 123 cm³/mol. The van der Waals surface area contributed by atoms with Gasteiger partial charge in [-0.15, -0.1) is 0 Å². The van der Waals surface area contributed by atoms with Crippen molar-refractivity contribution in [3.8, 4) is 0 Å². The van der Waals surface area contributed by atoms with Crippen LogP contribution in [0.4, 0.5) is 11.5 Å². The number of rotatable bonds is 6. The Kier molecular flexibility index (Phi) is 7.24. The van der Waals surface area contributed by atoms with E-state index in [1.54, 1.807) is 12.1 Å². The molecule has 30 heavy (non-hydrogen) atoms. The molecule has 1 saturated carbocycles. The van der Waals surface area contributed by atoms with E-state index in [0.717, 1.165) is 18.3 Å². The van der Waals surface area contributed by atoms with Crippen LogP contribution in [-0.4, -0.2) is 41.5 Å². The summed E-state index contributed by atoms with van der Waals surface area (Å²) in [6.07, 6.45) is 11.0. The highest BCUT2D eigenvalue weighted by atomic mass is 35.5. The van der Waals surface area contributed by atoms with E-state index in [9.17, 15) is 4.79 Å². The van der Waals surface area contributed by atoms with Gasteiger partial charge in [0.1, 0.15) is 5.82 Å². The molecule has 1 saturated heterocycles. The molecule has 0 spiro atoms. The van der Waals surface area contributed by atoms with E-state index < -0.39 is 0 Å². The van der Waals surface area contributed by atoms with Crippen molar-refractivity contribution < 1.29 is 4.79 Å². The summed E-state index contributed by atoms with van der Waals surface area (Å²) in [6.45, 7) is 3.32. The van der Waals surface area contributed by atoms with Crippen molar-refractivity contribution in [3.63, 3.8) is 0 Å². The van der Waals surface area contributed by atoms with Crippen molar-refractivity contribution >= 4 is 29.0 Å². The quantitative estimate of drug-likeness (QED) is 0.645. The smallest absolute Gasteiger partial charge is 0.258 e. The highest BCUT2D eigenvalue weighted by Crippen LogP contribution is 2.27. The van der Waals surface area contributed by atoms with Gasteiger partial charge in [-0.3, -0.25) is 4.79 Å². The third kappa shape index (κ3) is 5.52. The second kappa shape index (κ2) is 10.3. The van der Waals surface area contributed by atoms with Gasteiger partial charge in [0.2, 0.25) is 0 Å². The summed E-state index contributed by atoms with van der Waals surface area (Å²) in [5, 5.41) is 6.93. The van der Waals surface area contributed by atoms with Crippen molar-refractivity contribution in [1.82, 2.24) is 9.88 Å². The lowest BCUT2D eigenvalue weighted by atomic mass is 9.90. The fourth-order valence-corrected chi connectivity index (χ4v) is 4.80. The van der Waals surface area contributed by atoms with Crippen molar-refractivity contribution in [2.45, 2.75) is 51.0 Å². The third-order valence-corrected chi connectivity index (χ3v) is 6.69. The fraction of sp³-hybridized carbons (Fsp3) is 0.500. The van der Waals surface area contributed by atoms with Crippen LogP contribution in [0, 0.1) is 5.92 Å². The number of anilines is 2. The van der Waals surface area contributed by atoms with Crippen LogP contribution in [0.1, 0.15) is 55.3 Å². The summed E-state index contributed by atoms with van der Waals surface area (Å²) in [7, 11) is 0. The third-order valence-electron chi connectivity index (χ3n) is 6.46. The van der Waals surface area contributed by atoms with E-state index in [1.165, 1.54) is 64.2 Å². The molecule has 4 rings (SSSR count). The van der Waals surface area contributed by atoms with Crippen LogP contribution in [0.25, 0.3) is 0 Å². The van der Waals surface area contributed by atoms with Crippen LogP contribution in [0.5, 0.6) is 0 Å². The van der Waals surface area contributed by atoms with Gasteiger partial charge in [-0.05, 0) is 69.0 Å². The van der Waals surface area contributed by atoms with E-state index in [4.69, 9.17) is 11.6 Å². The summed E-state index contributed by atoms with van der Waals surface area (Å²) >= 11 is 5.87. The number of pyridine rings is 1. The first-order valence-corrected chi connectivity index (χ1v) is 11.6. The van der Waals surface area contributed by atoms with E-state index in [2.05, 4.69) is 20.5 Å². The number of nitrogens with zero attached hydrogens (tertiary/aromatic N) is 2. The molecule has 1 aromatic carbocycles. The highest BCUT2D eigenvalue weighted by molar-refractivity contribution is 6.30. The second-order valence-corrected chi connectivity index (χ2v) is 8.95. The minimum Gasteiger partial charge on any atom is -0.384 e. The average molecular weight is 427 g/mol. The molecule has 2 fully saturated rings. The summed E-state index contributed by atoms with van der Waals surface area (Å²) in [4.78, 5) is 19.6. The van der Waals surface area contributed by atoms with Gasteiger partial charge in [-0.25, -0.2) is 4.98 Å². The molecule has 5 nitrogen and oxygen atoms in total. The molecule has 0 radical (unpaired) electrons. The standard InChI is InChI=1S/C24H31ClN4O/c25-19-10-11-23(27-17-19)28-24(30)21-8-4-5-9-22(21)26-16-18-12-14-29(15-13-18)20-6-2-1-3-7-20/h4-5,8-11,17-18,20,26H,1-3,6-7,12-16H2,(H,27,28,30). The van der Waals surface area contributed by atoms with Crippen molar-refractivity contribution in [3.05, 3.63) is 53.2 Å². The molecule has 1 amide bonds. The van der Waals surface area contributed by atoms with E-state index in [-0.39, 0.29) is 5.91 Å². The first-order valence-electron chi connectivity index (χ1n) is 11.2. The number of halogens is 1. The fourth-order valence-electron chi connectivity index (χ4n) is 4.69. The lowest BCUT2D eigenvalue weighted by Crippen LogP contribution is -2.43. The number of carbonyl (C=O) groups excluding carboxylic acids is 1. The number of para-hydroxylation sites is 1. The molecule has 0 atom stereocenters. The topological polar surface area (TPSA) is 57.3 Å². The van der Waals surface area contributed by atoms with Gasteiger partial charge in [0.15, 0.2) is 0 Å².